The van der Waals surface area contributed by atoms with Crippen LogP contribution in [0.2, 0.25) is 0 Å². The number of aryl methyl sites for hydroxylation is 1. The molecule has 26 heavy (non-hydrogen) atoms. The van der Waals surface area contributed by atoms with Crippen LogP contribution >= 0.6 is 0 Å². The van der Waals surface area contributed by atoms with Gasteiger partial charge < -0.3 is 20.2 Å². The summed E-state index contributed by atoms with van der Waals surface area (Å²) in [6, 6.07) is 9.83. The van der Waals surface area contributed by atoms with Crippen molar-refractivity contribution in [2.24, 2.45) is 11.3 Å². The largest absolute Gasteiger partial charge is 0.396 e. The van der Waals surface area contributed by atoms with Crippen molar-refractivity contribution in [1.29, 1.82) is 0 Å². The summed E-state index contributed by atoms with van der Waals surface area (Å²) in [6.45, 7) is 2.36. The number of likely N-dealkylation sites (tertiary alicyclic amines) is 1. The van der Waals surface area contributed by atoms with Crippen molar-refractivity contribution in [2.45, 2.75) is 25.4 Å². The number of amides is 1. The second-order valence-electron chi connectivity index (χ2n) is 7.44. The van der Waals surface area contributed by atoms with Crippen LogP contribution in [0.1, 0.15) is 22.7 Å². The zero-order chi connectivity index (χ0) is 18.5. The van der Waals surface area contributed by atoms with E-state index in [0.717, 1.165) is 5.56 Å². The summed E-state index contributed by atoms with van der Waals surface area (Å²) < 4.78 is 0. The number of nitrogens with zero attached hydrogens (tertiary/aromatic N) is 1. The van der Waals surface area contributed by atoms with Gasteiger partial charge in [-0.05, 0) is 24.3 Å². The Bertz CT molecular complexity index is 874. The van der Waals surface area contributed by atoms with Crippen molar-refractivity contribution < 1.29 is 15.0 Å². The molecule has 1 aliphatic carbocycles. The average Bonchev–Trinajstić information content (AvgIpc) is 3.03. The van der Waals surface area contributed by atoms with Gasteiger partial charge in [-0.25, -0.2) is 0 Å². The Balaban J connectivity index is 1.54. The first-order valence-electron chi connectivity index (χ1n) is 8.86. The fourth-order valence-electron chi connectivity index (χ4n) is 4.71. The van der Waals surface area contributed by atoms with E-state index >= 15 is 0 Å². The first kappa shape index (κ1) is 17.1. The molecule has 7 nitrogen and oxygen atoms in total. The van der Waals surface area contributed by atoms with Crippen LogP contribution in [0.15, 0.2) is 35.1 Å². The van der Waals surface area contributed by atoms with E-state index in [0.29, 0.717) is 17.8 Å². The Morgan fingerprint density at radius 2 is 2.04 bits per heavy atom. The Kier molecular flexibility index (Phi) is 4.00. The van der Waals surface area contributed by atoms with Gasteiger partial charge >= 0.3 is 0 Å². The number of β-amino-alcohol motifs (C(OH)–C–C–N with tert-alkyl or cyclic N) is 1. The van der Waals surface area contributed by atoms with Gasteiger partial charge in [-0.3, -0.25) is 14.7 Å². The van der Waals surface area contributed by atoms with E-state index < -0.39 is 11.5 Å². The molecular formula is C19H23N3O4. The molecule has 1 saturated carbocycles. The Morgan fingerprint density at radius 3 is 2.65 bits per heavy atom. The third-order valence-electron chi connectivity index (χ3n) is 6.17. The van der Waals surface area contributed by atoms with E-state index in [1.54, 1.807) is 11.8 Å². The SMILES string of the molecule is Cc1[nH][nH]c(=O)c1CC(=O)N1C[C@H](O)[C@@]2(C1)[C@H](CO)[C@H]2c1ccccc1. The van der Waals surface area contributed by atoms with Crippen molar-refractivity contribution >= 4 is 5.91 Å². The first-order valence-corrected chi connectivity index (χ1v) is 8.86. The Labute approximate surface area is 150 Å². The van der Waals surface area contributed by atoms with Crippen molar-refractivity contribution in [3.8, 4) is 0 Å². The van der Waals surface area contributed by atoms with Crippen LogP contribution in [-0.2, 0) is 11.2 Å². The Morgan fingerprint density at radius 1 is 1.31 bits per heavy atom. The molecule has 0 radical (unpaired) electrons. The molecule has 1 aromatic heterocycles. The fraction of sp³-hybridized carbons (Fsp3) is 0.474. The molecule has 1 amide bonds. The molecule has 0 unspecified atom stereocenters. The molecule has 2 aromatic rings. The average molecular weight is 357 g/mol. The first-order chi connectivity index (χ1) is 12.5. The topological polar surface area (TPSA) is 109 Å². The van der Waals surface area contributed by atoms with Crippen LogP contribution in [0.25, 0.3) is 0 Å². The lowest BCUT2D eigenvalue weighted by atomic mass is 9.95. The van der Waals surface area contributed by atoms with Crippen molar-refractivity contribution in [3.63, 3.8) is 0 Å². The number of aliphatic hydroxyl groups excluding tert-OH is 2. The van der Waals surface area contributed by atoms with E-state index in [1.165, 1.54) is 0 Å². The number of aromatic amines is 2. The highest BCUT2D eigenvalue weighted by Crippen LogP contribution is 2.68. The summed E-state index contributed by atoms with van der Waals surface area (Å²) in [5.41, 5.74) is 1.38. The van der Waals surface area contributed by atoms with Crippen LogP contribution in [0.4, 0.5) is 0 Å². The van der Waals surface area contributed by atoms with Crippen molar-refractivity contribution in [3.05, 3.63) is 57.5 Å². The van der Waals surface area contributed by atoms with Crippen LogP contribution in [0.5, 0.6) is 0 Å². The Hall–Kier alpha value is -2.38. The summed E-state index contributed by atoms with van der Waals surface area (Å²) in [4.78, 5) is 26.1. The summed E-state index contributed by atoms with van der Waals surface area (Å²) in [5.74, 6) is -0.196. The minimum absolute atomic E-state index is 0.00720. The molecule has 2 fully saturated rings. The molecule has 7 heteroatoms. The maximum Gasteiger partial charge on any atom is 0.267 e. The standard InChI is InChI=1S/C19H23N3O4/c1-11-13(18(26)21-20-11)7-16(25)22-8-15(24)19(10-22)14(9-23)17(19)12-5-3-2-4-6-12/h2-6,14-15,17,23-24H,7-10H2,1H3,(H2,20,21,26)/t14-,15+,17-,19-/m1/s1. The smallest absolute Gasteiger partial charge is 0.267 e. The maximum atomic E-state index is 12.7. The van der Waals surface area contributed by atoms with Crippen LogP contribution < -0.4 is 5.56 Å². The van der Waals surface area contributed by atoms with Gasteiger partial charge in [-0.2, -0.15) is 0 Å². The van der Waals surface area contributed by atoms with Gasteiger partial charge in [0.25, 0.3) is 5.56 Å². The summed E-state index contributed by atoms with van der Waals surface area (Å²) in [7, 11) is 0. The monoisotopic (exact) mass is 357 g/mol. The summed E-state index contributed by atoms with van der Waals surface area (Å²) in [6.07, 6.45) is -0.674. The van der Waals surface area contributed by atoms with E-state index in [2.05, 4.69) is 10.2 Å². The lowest BCUT2D eigenvalue weighted by molar-refractivity contribution is -0.129. The van der Waals surface area contributed by atoms with Gasteiger partial charge in [0.15, 0.2) is 0 Å². The van der Waals surface area contributed by atoms with E-state index in [-0.39, 0.29) is 42.9 Å². The van der Waals surface area contributed by atoms with Gasteiger partial charge in [0.2, 0.25) is 5.91 Å². The third-order valence-corrected chi connectivity index (χ3v) is 6.17. The number of hydrogen-bond donors (Lipinski definition) is 4. The highest BCUT2D eigenvalue weighted by atomic mass is 16.3. The summed E-state index contributed by atoms with van der Waals surface area (Å²) in [5, 5.41) is 25.8. The number of benzene rings is 1. The molecule has 4 atom stereocenters. The van der Waals surface area contributed by atoms with Crippen molar-refractivity contribution in [2.75, 3.05) is 19.7 Å². The van der Waals surface area contributed by atoms with Gasteiger partial charge in [0.05, 0.1) is 12.5 Å². The highest BCUT2D eigenvalue weighted by Gasteiger charge is 2.71. The van der Waals surface area contributed by atoms with Gasteiger partial charge in [0.1, 0.15) is 0 Å². The lowest BCUT2D eigenvalue weighted by Crippen LogP contribution is -2.32. The van der Waals surface area contributed by atoms with Crippen LogP contribution in [-0.4, -0.2) is 57.0 Å². The number of carbonyl (C=O) groups is 1. The fourth-order valence-corrected chi connectivity index (χ4v) is 4.71. The molecule has 1 spiro atoms. The highest BCUT2D eigenvalue weighted by molar-refractivity contribution is 5.79. The zero-order valence-corrected chi connectivity index (χ0v) is 14.6. The third kappa shape index (κ3) is 2.42. The van der Waals surface area contributed by atoms with Gasteiger partial charge in [-0.15, -0.1) is 0 Å². The molecule has 4 N–H and O–H groups in total. The summed E-state index contributed by atoms with van der Waals surface area (Å²) >= 11 is 0. The van der Waals surface area contributed by atoms with E-state index in [1.807, 2.05) is 30.3 Å². The zero-order valence-electron chi connectivity index (χ0n) is 14.6. The second kappa shape index (κ2) is 6.10. The molecule has 138 valence electrons. The minimum Gasteiger partial charge on any atom is -0.396 e. The van der Waals surface area contributed by atoms with Gasteiger partial charge in [-0.1, -0.05) is 30.3 Å². The van der Waals surface area contributed by atoms with Crippen molar-refractivity contribution in [1.82, 2.24) is 15.1 Å². The minimum atomic E-state index is -0.681. The number of carbonyl (C=O) groups excluding carboxylic acids is 1. The van der Waals surface area contributed by atoms with E-state index in [9.17, 15) is 19.8 Å². The van der Waals surface area contributed by atoms with Gasteiger partial charge in [0, 0.05) is 36.4 Å². The molecule has 4 rings (SSSR count). The maximum absolute atomic E-state index is 12.7. The molecule has 1 aliphatic heterocycles. The molecule has 0 bridgehead atoms. The van der Waals surface area contributed by atoms with E-state index in [4.69, 9.17) is 0 Å². The molecule has 1 aromatic carbocycles. The number of aromatic nitrogens is 2. The van der Waals surface area contributed by atoms with Crippen LogP contribution in [0, 0.1) is 18.3 Å². The second-order valence-corrected chi connectivity index (χ2v) is 7.44. The predicted molar refractivity (Wildman–Crippen MR) is 94.6 cm³/mol. The number of nitrogens with one attached hydrogen (secondary N) is 2. The normalized spacial score (nSPS) is 30.1. The quantitative estimate of drug-likeness (QED) is 0.624. The number of rotatable bonds is 4. The molecular weight excluding hydrogens is 334 g/mol. The molecule has 1 saturated heterocycles. The number of H-pyrrole nitrogens is 2. The molecule has 2 heterocycles. The number of aliphatic hydroxyl groups is 2. The number of hydrogen-bond acceptors (Lipinski definition) is 4. The molecule has 2 aliphatic rings. The predicted octanol–water partition coefficient (Wildman–Crippen LogP) is 0.149. The lowest BCUT2D eigenvalue weighted by Gasteiger charge is -2.16. The van der Waals surface area contributed by atoms with Crippen LogP contribution in [0.3, 0.4) is 0 Å².